The van der Waals surface area contributed by atoms with Crippen molar-refractivity contribution in [2.75, 3.05) is 6.61 Å². The Morgan fingerprint density at radius 2 is 1.29 bits per heavy atom. The number of carboxylic acid groups (broad SMARTS) is 2. The van der Waals surface area contributed by atoms with Gasteiger partial charge in [0.1, 0.15) is 24.2 Å². The van der Waals surface area contributed by atoms with E-state index >= 15 is 0 Å². The lowest BCUT2D eigenvalue weighted by Crippen LogP contribution is -2.59. The number of aliphatic hydroxyl groups excluding tert-OH is 1. The van der Waals surface area contributed by atoms with Crippen LogP contribution in [0.4, 0.5) is 0 Å². The number of nitrogens with one attached hydrogen (secondary N) is 3. The van der Waals surface area contributed by atoms with E-state index in [2.05, 4.69) is 16.0 Å². The minimum absolute atomic E-state index is 0.367. The summed E-state index contributed by atoms with van der Waals surface area (Å²) in [5.41, 5.74) is 5.38. The molecule has 0 radical (unpaired) electrons. The number of hydrogen-bond acceptors (Lipinski definition) is 7. The number of hydrogen-bond donors (Lipinski definition) is 7. The van der Waals surface area contributed by atoms with Gasteiger partial charge in [0.25, 0.3) is 0 Å². The molecule has 12 heteroatoms. The quantitative estimate of drug-likeness (QED) is 0.164. The van der Waals surface area contributed by atoms with E-state index in [0.29, 0.717) is 12.8 Å². The number of carbonyl (C=O) groups is 5. The first-order chi connectivity index (χ1) is 14.4. The van der Waals surface area contributed by atoms with Crippen LogP contribution in [0.3, 0.4) is 0 Å². The minimum Gasteiger partial charge on any atom is -0.481 e. The lowest BCUT2D eigenvalue weighted by molar-refractivity contribution is -0.144. The first-order valence-electron chi connectivity index (χ1n) is 10.1. The third-order valence-electron chi connectivity index (χ3n) is 5.12. The van der Waals surface area contributed by atoms with E-state index in [1.165, 1.54) is 0 Å². The Hall–Kier alpha value is -2.73. The summed E-state index contributed by atoms with van der Waals surface area (Å²) < 4.78 is 0. The second-order valence-corrected chi connectivity index (χ2v) is 7.53. The molecule has 6 unspecified atom stereocenters. The summed E-state index contributed by atoms with van der Waals surface area (Å²) in [5.74, 6) is -6.00. The third-order valence-corrected chi connectivity index (χ3v) is 5.12. The molecule has 178 valence electrons. The van der Waals surface area contributed by atoms with Crippen molar-refractivity contribution >= 4 is 29.7 Å². The Balaban J connectivity index is 5.59. The van der Waals surface area contributed by atoms with E-state index in [0.717, 1.165) is 0 Å². The predicted molar refractivity (Wildman–Crippen MR) is 110 cm³/mol. The van der Waals surface area contributed by atoms with Gasteiger partial charge in [-0.3, -0.25) is 19.2 Å². The van der Waals surface area contributed by atoms with Gasteiger partial charge in [0, 0.05) is 0 Å². The molecule has 0 rings (SSSR count). The highest BCUT2D eigenvalue weighted by molar-refractivity contribution is 5.95. The summed E-state index contributed by atoms with van der Waals surface area (Å²) in [6.07, 6.45) is 0.162. The van der Waals surface area contributed by atoms with Gasteiger partial charge in [-0.25, -0.2) is 4.79 Å². The van der Waals surface area contributed by atoms with Gasteiger partial charge in [-0.05, 0) is 11.8 Å². The molecule has 8 N–H and O–H groups in total. The molecule has 0 fully saturated rings. The molecule has 6 atom stereocenters. The Morgan fingerprint density at radius 1 is 0.806 bits per heavy atom. The molecule has 0 aromatic carbocycles. The molecular weight excluding hydrogens is 412 g/mol. The van der Waals surface area contributed by atoms with Gasteiger partial charge in [-0.2, -0.15) is 0 Å². The van der Waals surface area contributed by atoms with Gasteiger partial charge < -0.3 is 37.0 Å². The zero-order valence-electron chi connectivity index (χ0n) is 18.3. The lowest BCUT2D eigenvalue weighted by atomic mass is 9.95. The van der Waals surface area contributed by atoms with Crippen LogP contribution in [0.5, 0.6) is 0 Å². The maximum atomic E-state index is 12.8. The number of nitrogens with two attached hydrogens (primary N) is 1. The van der Waals surface area contributed by atoms with Gasteiger partial charge >= 0.3 is 11.9 Å². The topological polar surface area (TPSA) is 208 Å². The van der Waals surface area contributed by atoms with E-state index in [1.54, 1.807) is 27.7 Å². The lowest BCUT2D eigenvalue weighted by Gasteiger charge is -2.28. The van der Waals surface area contributed by atoms with Crippen LogP contribution in [0.1, 0.15) is 47.0 Å². The van der Waals surface area contributed by atoms with E-state index < -0.39 is 72.8 Å². The van der Waals surface area contributed by atoms with Crippen LogP contribution >= 0.6 is 0 Å². The first-order valence-corrected chi connectivity index (χ1v) is 10.1. The maximum absolute atomic E-state index is 12.8. The summed E-state index contributed by atoms with van der Waals surface area (Å²) in [6.45, 7) is 6.15. The molecule has 0 spiro atoms. The van der Waals surface area contributed by atoms with Gasteiger partial charge in [0.2, 0.25) is 17.7 Å². The maximum Gasteiger partial charge on any atom is 0.326 e. The highest BCUT2D eigenvalue weighted by Gasteiger charge is 2.34. The van der Waals surface area contributed by atoms with Gasteiger partial charge in [-0.1, -0.05) is 40.5 Å². The molecule has 0 heterocycles. The molecule has 12 nitrogen and oxygen atoms in total. The zero-order valence-corrected chi connectivity index (χ0v) is 18.3. The fourth-order valence-corrected chi connectivity index (χ4v) is 2.63. The summed E-state index contributed by atoms with van der Waals surface area (Å²) >= 11 is 0. The van der Waals surface area contributed by atoms with Crippen molar-refractivity contribution in [3.63, 3.8) is 0 Å². The fourth-order valence-electron chi connectivity index (χ4n) is 2.63. The van der Waals surface area contributed by atoms with E-state index in [9.17, 15) is 29.1 Å². The minimum atomic E-state index is -1.55. The SMILES string of the molecule is CCC(C)C(NC(=O)C(NC(=O)C(CC(=O)O)NC(=O)C(N)CO)C(C)CC)C(=O)O. The Labute approximate surface area is 180 Å². The smallest absolute Gasteiger partial charge is 0.326 e. The fraction of sp³-hybridized carbons (Fsp3) is 0.737. The van der Waals surface area contributed by atoms with Crippen molar-refractivity contribution in [3.8, 4) is 0 Å². The van der Waals surface area contributed by atoms with Crippen molar-refractivity contribution < 1.29 is 39.3 Å². The van der Waals surface area contributed by atoms with Crippen molar-refractivity contribution in [1.82, 2.24) is 16.0 Å². The molecule has 0 aliphatic heterocycles. The largest absolute Gasteiger partial charge is 0.481 e. The molecule has 0 aliphatic carbocycles. The summed E-state index contributed by atoms with van der Waals surface area (Å²) in [4.78, 5) is 60.0. The van der Waals surface area contributed by atoms with Crippen molar-refractivity contribution in [1.29, 1.82) is 0 Å². The summed E-state index contributed by atoms with van der Waals surface area (Å²) in [5, 5.41) is 34.4. The van der Waals surface area contributed by atoms with Crippen LogP contribution < -0.4 is 21.7 Å². The molecule has 0 aromatic rings. The van der Waals surface area contributed by atoms with Gasteiger partial charge in [-0.15, -0.1) is 0 Å². The predicted octanol–water partition coefficient (Wildman–Crippen LogP) is -1.59. The number of aliphatic carboxylic acids is 2. The summed E-state index contributed by atoms with van der Waals surface area (Å²) in [7, 11) is 0. The number of rotatable bonds is 14. The monoisotopic (exact) mass is 446 g/mol. The van der Waals surface area contributed by atoms with E-state index in [4.69, 9.17) is 15.9 Å². The van der Waals surface area contributed by atoms with Gasteiger partial charge in [0.15, 0.2) is 0 Å². The van der Waals surface area contributed by atoms with Crippen molar-refractivity contribution in [3.05, 3.63) is 0 Å². The van der Waals surface area contributed by atoms with Gasteiger partial charge in [0.05, 0.1) is 13.0 Å². The number of aliphatic hydroxyl groups is 1. The van der Waals surface area contributed by atoms with Crippen molar-refractivity contribution in [2.45, 2.75) is 71.1 Å². The molecule has 0 saturated heterocycles. The number of carboxylic acids is 2. The number of carbonyl (C=O) groups excluding carboxylic acids is 3. The second-order valence-electron chi connectivity index (χ2n) is 7.53. The first kappa shape index (κ1) is 28.3. The normalized spacial score (nSPS) is 16.7. The van der Waals surface area contributed by atoms with E-state index in [-0.39, 0.29) is 5.92 Å². The van der Waals surface area contributed by atoms with Crippen LogP contribution in [0.2, 0.25) is 0 Å². The Morgan fingerprint density at radius 3 is 1.71 bits per heavy atom. The molecule has 0 aromatic heterocycles. The van der Waals surface area contributed by atoms with Crippen LogP contribution in [-0.4, -0.2) is 75.8 Å². The van der Waals surface area contributed by atoms with Crippen LogP contribution in [0.25, 0.3) is 0 Å². The molecular formula is C19H34N4O8. The van der Waals surface area contributed by atoms with Crippen molar-refractivity contribution in [2.24, 2.45) is 17.6 Å². The Bertz CT molecular complexity index is 657. The highest BCUT2D eigenvalue weighted by Crippen LogP contribution is 2.12. The molecule has 0 saturated carbocycles. The van der Waals surface area contributed by atoms with Crippen LogP contribution in [-0.2, 0) is 24.0 Å². The van der Waals surface area contributed by atoms with Crippen LogP contribution in [0, 0.1) is 11.8 Å². The zero-order chi connectivity index (χ0) is 24.3. The average molecular weight is 447 g/mol. The third kappa shape index (κ3) is 9.30. The molecule has 31 heavy (non-hydrogen) atoms. The number of amides is 3. The Kier molecular flexibility index (Phi) is 12.4. The van der Waals surface area contributed by atoms with Crippen LogP contribution in [0.15, 0.2) is 0 Å². The summed E-state index contributed by atoms with van der Waals surface area (Å²) in [6, 6.07) is -5.24. The second kappa shape index (κ2) is 13.5. The highest BCUT2D eigenvalue weighted by atomic mass is 16.4. The van der Waals surface area contributed by atoms with E-state index in [1.807, 2.05) is 0 Å². The average Bonchev–Trinajstić information content (AvgIpc) is 2.72. The molecule has 3 amide bonds. The standard InChI is InChI=1S/C19H34N4O8/c1-5-9(3)14(18(29)23-15(19(30)31)10(4)6-2)22-17(28)12(7-13(25)26)21-16(27)11(20)8-24/h9-12,14-15,24H,5-8,20H2,1-4H3,(H,21,27)(H,22,28)(H,23,29)(H,25,26)(H,30,31). The molecule has 0 aliphatic rings. The molecule has 0 bridgehead atoms.